The van der Waals surface area contributed by atoms with Gasteiger partial charge in [0.15, 0.2) is 0 Å². The number of nitrogen functional groups attached to an aromatic ring is 1. The van der Waals surface area contributed by atoms with Crippen LogP contribution >= 0.6 is 0 Å². The van der Waals surface area contributed by atoms with Gasteiger partial charge >= 0.3 is 0 Å². The van der Waals surface area contributed by atoms with Gasteiger partial charge in [0.05, 0.1) is 6.20 Å². The maximum Gasteiger partial charge on any atom is 0.123 e. The van der Waals surface area contributed by atoms with E-state index in [2.05, 4.69) is 10.2 Å². The fourth-order valence-corrected chi connectivity index (χ4v) is 1.32. The van der Waals surface area contributed by atoms with Crippen LogP contribution in [-0.2, 0) is 6.42 Å². The minimum absolute atomic E-state index is 0.266. The first-order valence-corrected chi connectivity index (χ1v) is 4.27. The van der Waals surface area contributed by atoms with Crippen molar-refractivity contribution in [2.24, 2.45) is 0 Å². The van der Waals surface area contributed by atoms with Crippen LogP contribution in [0.15, 0.2) is 30.6 Å². The Hall–Kier alpha value is -1.84. The maximum atomic E-state index is 12.9. The molecule has 0 fully saturated rings. The first kappa shape index (κ1) is 8.74. The van der Waals surface area contributed by atoms with Crippen LogP contribution in [0.4, 0.5) is 10.1 Å². The second-order valence-electron chi connectivity index (χ2n) is 3.13. The van der Waals surface area contributed by atoms with Gasteiger partial charge in [0.1, 0.15) is 5.82 Å². The van der Waals surface area contributed by atoms with E-state index in [1.807, 2.05) is 0 Å². The molecule has 2 aromatic rings. The van der Waals surface area contributed by atoms with Crippen molar-refractivity contribution in [2.75, 3.05) is 5.73 Å². The van der Waals surface area contributed by atoms with Crippen molar-refractivity contribution in [3.8, 4) is 0 Å². The molecule has 0 saturated heterocycles. The van der Waals surface area contributed by atoms with E-state index in [1.54, 1.807) is 18.5 Å². The van der Waals surface area contributed by atoms with Gasteiger partial charge in [0.2, 0.25) is 0 Å². The molecule has 0 aliphatic rings. The summed E-state index contributed by atoms with van der Waals surface area (Å²) in [6, 6.07) is 4.38. The van der Waals surface area contributed by atoms with E-state index in [0.29, 0.717) is 12.1 Å². The van der Waals surface area contributed by atoms with Gasteiger partial charge in [-0.05, 0) is 29.3 Å². The molecule has 0 bridgehead atoms. The number of nitrogens with zero attached hydrogens (tertiary/aromatic N) is 1. The summed E-state index contributed by atoms with van der Waals surface area (Å²) >= 11 is 0. The highest BCUT2D eigenvalue weighted by Gasteiger charge is 2.03. The summed E-state index contributed by atoms with van der Waals surface area (Å²) in [7, 11) is 0. The van der Waals surface area contributed by atoms with Crippen molar-refractivity contribution in [2.45, 2.75) is 6.42 Å². The molecule has 0 unspecified atom stereocenters. The van der Waals surface area contributed by atoms with Gasteiger partial charge in [-0.25, -0.2) is 4.39 Å². The van der Waals surface area contributed by atoms with Gasteiger partial charge in [-0.15, -0.1) is 0 Å². The van der Waals surface area contributed by atoms with Crippen molar-refractivity contribution in [1.29, 1.82) is 0 Å². The number of H-pyrrole nitrogens is 1. The smallest absolute Gasteiger partial charge is 0.123 e. The number of hydrogen-bond donors (Lipinski definition) is 2. The third kappa shape index (κ3) is 1.74. The summed E-state index contributed by atoms with van der Waals surface area (Å²) in [6.45, 7) is 0. The van der Waals surface area contributed by atoms with Crippen LogP contribution in [-0.4, -0.2) is 10.2 Å². The van der Waals surface area contributed by atoms with E-state index in [-0.39, 0.29) is 5.82 Å². The molecule has 2 rings (SSSR count). The Balaban J connectivity index is 2.28. The maximum absolute atomic E-state index is 12.9. The third-order valence-corrected chi connectivity index (χ3v) is 2.05. The summed E-state index contributed by atoms with van der Waals surface area (Å²) in [4.78, 5) is 0. The lowest BCUT2D eigenvalue weighted by Gasteiger charge is -2.03. The van der Waals surface area contributed by atoms with E-state index in [9.17, 15) is 4.39 Å². The lowest BCUT2D eigenvalue weighted by molar-refractivity contribution is 0.626. The Labute approximate surface area is 80.8 Å². The van der Waals surface area contributed by atoms with Crippen LogP contribution < -0.4 is 5.73 Å². The average Bonchev–Trinajstić information content (AvgIpc) is 2.64. The summed E-state index contributed by atoms with van der Waals surface area (Å²) in [5.74, 6) is -0.266. The van der Waals surface area contributed by atoms with Gasteiger partial charge in [0, 0.05) is 18.3 Å². The Morgan fingerprint density at radius 1 is 1.43 bits per heavy atom. The molecule has 0 aliphatic carbocycles. The number of nitrogens with two attached hydrogens (primary N) is 1. The zero-order chi connectivity index (χ0) is 9.97. The highest BCUT2D eigenvalue weighted by atomic mass is 19.1. The van der Waals surface area contributed by atoms with Crippen molar-refractivity contribution >= 4 is 5.69 Å². The van der Waals surface area contributed by atoms with Crippen LogP contribution in [0.2, 0.25) is 0 Å². The second-order valence-corrected chi connectivity index (χ2v) is 3.13. The molecule has 4 heteroatoms. The molecule has 3 N–H and O–H groups in total. The van der Waals surface area contributed by atoms with Gasteiger partial charge < -0.3 is 5.73 Å². The van der Waals surface area contributed by atoms with Gasteiger partial charge in [-0.3, -0.25) is 5.10 Å². The molecular weight excluding hydrogens is 181 g/mol. The number of nitrogens with one attached hydrogen (secondary N) is 1. The summed E-state index contributed by atoms with van der Waals surface area (Å²) in [5, 5.41) is 6.51. The van der Waals surface area contributed by atoms with E-state index >= 15 is 0 Å². The minimum atomic E-state index is -0.266. The van der Waals surface area contributed by atoms with E-state index in [4.69, 9.17) is 5.73 Å². The molecule has 0 atom stereocenters. The number of aromatic amines is 1. The van der Waals surface area contributed by atoms with Gasteiger partial charge in [-0.1, -0.05) is 0 Å². The van der Waals surface area contributed by atoms with Crippen molar-refractivity contribution < 1.29 is 4.39 Å². The standard InChI is InChI=1S/C10H10FN3/c11-9-1-2-10(12)8(4-9)3-7-5-13-14-6-7/h1-2,4-6H,3,12H2,(H,13,14). The monoisotopic (exact) mass is 191 g/mol. The third-order valence-electron chi connectivity index (χ3n) is 2.05. The molecule has 72 valence electrons. The highest BCUT2D eigenvalue weighted by molar-refractivity contribution is 5.48. The highest BCUT2D eigenvalue weighted by Crippen LogP contribution is 2.16. The first-order chi connectivity index (χ1) is 6.75. The molecule has 0 aliphatic heterocycles. The summed E-state index contributed by atoms with van der Waals surface area (Å²) in [6.07, 6.45) is 4.06. The topological polar surface area (TPSA) is 54.7 Å². The minimum Gasteiger partial charge on any atom is -0.398 e. The van der Waals surface area contributed by atoms with Gasteiger partial charge in [-0.2, -0.15) is 5.10 Å². The molecule has 0 amide bonds. The Morgan fingerprint density at radius 3 is 3.00 bits per heavy atom. The molecule has 0 saturated carbocycles. The fraction of sp³-hybridized carbons (Fsp3) is 0.100. The quantitative estimate of drug-likeness (QED) is 0.710. The van der Waals surface area contributed by atoms with Crippen LogP contribution in [0.5, 0.6) is 0 Å². The number of hydrogen-bond acceptors (Lipinski definition) is 2. The molecule has 0 spiro atoms. The predicted molar refractivity (Wildman–Crippen MR) is 52.2 cm³/mol. The van der Waals surface area contributed by atoms with Crippen molar-refractivity contribution in [3.63, 3.8) is 0 Å². The van der Waals surface area contributed by atoms with Crippen LogP contribution in [0.3, 0.4) is 0 Å². The van der Waals surface area contributed by atoms with Gasteiger partial charge in [0.25, 0.3) is 0 Å². The zero-order valence-corrected chi connectivity index (χ0v) is 7.50. The van der Waals surface area contributed by atoms with Crippen LogP contribution in [0.25, 0.3) is 0 Å². The molecular formula is C10H10FN3. The Bertz CT molecular complexity index is 423. The molecule has 0 radical (unpaired) electrons. The molecule has 14 heavy (non-hydrogen) atoms. The molecule has 1 heterocycles. The van der Waals surface area contributed by atoms with E-state index in [1.165, 1.54) is 12.1 Å². The second kappa shape index (κ2) is 3.49. The number of rotatable bonds is 2. The molecule has 3 nitrogen and oxygen atoms in total. The molecule has 1 aromatic heterocycles. The van der Waals surface area contributed by atoms with E-state index < -0.39 is 0 Å². The van der Waals surface area contributed by atoms with Crippen molar-refractivity contribution in [3.05, 3.63) is 47.5 Å². The largest absolute Gasteiger partial charge is 0.398 e. The molecule has 1 aromatic carbocycles. The average molecular weight is 191 g/mol. The van der Waals surface area contributed by atoms with Crippen LogP contribution in [0, 0.1) is 5.82 Å². The normalized spacial score (nSPS) is 10.4. The van der Waals surface area contributed by atoms with E-state index in [0.717, 1.165) is 11.1 Å². The number of anilines is 1. The summed E-state index contributed by atoms with van der Waals surface area (Å²) in [5.41, 5.74) is 8.08. The Kier molecular flexibility index (Phi) is 2.18. The fourth-order valence-electron chi connectivity index (χ4n) is 1.32. The predicted octanol–water partition coefficient (Wildman–Crippen LogP) is 1.72. The Morgan fingerprint density at radius 2 is 2.29 bits per heavy atom. The van der Waals surface area contributed by atoms with Crippen LogP contribution in [0.1, 0.15) is 11.1 Å². The van der Waals surface area contributed by atoms with Crippen molar-refractivity contribution in [1.82, 2.24) is 10.2 Å². The number of aromatic nitrogens is 2. The zero-order valence-electron chi connectivity index (χ0n) is 7.50. The number of halogens is 1. The number of benzene rings is 1. The first-order valence-electron chi connectivity index (χ1n) is 4.27. The lowest BCUT2D eigenvalue weighted by Crippen LogP contribution is -1.95. The lowest BCUT2D eigenvalue weighted by atomic mass is 10.1. The summed E-state index contributed by atoms with van der Waals surface area (Å²) < 4.78 is 12.9. The SMILES string of the molecule is Nc1ccc(F)cc1Cc1cn[nH]c1.